The van der Waals surface area contributed by atoms with Crippen LogP contribution in [0.1, 0.15) is 56.3 Å². The van der Waals surface area contributed by atoms with Crippen molar-refractivity contribution in [3.05, 3.63) is 71.3 Å². The van der Waals surface area contributed by atoms with Gasteiger partial charge in [-0.3, -0.25) is 9.59 Å². The normalized spacial score (nSPS) is 14.2. The minimum Gasteiger partial charge on any atom is -0.444 e. The molecule has 0 saturated heterocycles. The average molecular weight is 452 g/mol. The van der Waals surface area contributed by atoms with Crippen molar-refractivity contribution >= 4 is 17.9 Å². The van der Waals surface area contributed by atoms with Crippen LogP contribution in [0.4, 0.5) is 4.79 Å². The molecule has 0 spiro atoms. The van der Waals surface area contributed by atoms with E-state index in [1.165, 1.54) is 0 Å². The van der Waals surface area contributed by atoms with Crippen LogP contribution in [0.2, 0.25) is 0 Å². The van der Waals surface area contributed by atoms with Crippen LogP contribution in [0, 0.1) is 6.92 Å². The molecule has 2 aromatic carbocycles. The molecule has 2 aromatic rings. The number of nitrogens with zero attached hydrogens (tertiary/aromatic N) is 1. The number of aryl methyl sites for hydroxylation is 1. The molecule has 3 rings (SSSR count). The molecule has 1 aliphatic carbocycles. The summed E-state index contributed by atoms with van der Waals surface area (Å²) in [5, 5.41) is 5.52. The highest BCUT2D eigenvalue weighted by atomic mass is 16.6. The maximum atomic E-state index is 13.4. The zero-order valence-corrected chi connectivity index (χ0v) is 19.8. The standard InChI is InChI=1S/C26H33N3O4/c1-18-9-8-12-20(15-18)23(24(31)27-16-19-10-6-5-7-11-19)29(21-13-14-21)22(30)17-28-25(32)33-26(2,3)4/h5-12,15,21,23H,13-14,16-17H2,1-4H3,(H,27,31)(H,28,32). The van der Waals surface area contributed by atoms with Crippen molar-refractivity contribution in [2.24, 2.45) is 0 Å². The molecule has 0 radical (unpaired) electrons. The molecular formula is C26H33N3O4. The van der Waals surface area contributed by atoms with E-state index in [1.807, 2.05) is 61.5 Å². The molecule has 0 heterocycles. The van der Waals surface area contributed by atoms with Gasteiger partial charge in [0.1, 0.15) is 18.2 Å². The lowest BCUT2D eigenvalue weighted by Gasteiger charge is -2.32. The second kappa shape index (κ2) is 10.5. The Hall–Kier alpha value is -3.35. The Morgan fingerprint density at radius 3 is 2.33 bits per heavy atom. The van der Waals surface area contributed by atoms with E-state index in [4.69, 9.17) is 4.74 Å². The summed E-state index contributed by atoms with van der Waals surface area (Å²) in [5.74, 6) is -0.563. The maximum Gasteiger partial charge on any atom is 0.408 e. The quantitative estimate of drug-likeness (QED) is 0.638. The van der Waals surface area contributed by atoms with Crippen LogP contribution in [-0.2, 0) is 20.9 Å². The Kier molecular flexibility index (Phi) is 7.74. The molecule has 1 unspecified atom stereocenters. The topological polar surface area (TPSA) is 87.7 Å². The zero-order chi connectivity index (χ0) is 24.0. The van der Waals surface area contributed by atoms with E-state index in [1.54, 1.807) is 25.7 Å². The molecule has 1 aliphatic rings. The summed E-state index contributed by atoms with van der Waals surface area (Å²) in [6.07, 6.45) is 0.992. The molecule has 7 heteroatoms. The second-order valence-corrected chi connectivity index (χ2v) is 9.41. The largest absolute Gasteiger partial charge is 0.444 e. The van der Waals surface area contributed by atoms with Crippen molar-refractivity contribution in [2.45, 2.75) is 64.8 Å². The first kappa shape index (κ1) is 24.3. The number of hydrogen-bond donors (Lipinski definition) is 2. The molecule has 176 valence electrons. The number of benzene rings is 2. The highest BCUT2D eigenvalue weighted by molar-refractivity contribution is 5.91. The Labute approximate surface area is 195 Å². The molecule has 0 aliphatic heterocycles. The van der Waals surface area contributed by atoms with Crippen molar-refractivity contribution in [1.29, 1.82) is 0 Å². The van der Waals surface area contributed by atoms with Gasteiger partial charge in [-0.25, -0.2) is 4.79 Å². The van der Waals surface area contributed by atoms with E-state index >= 15 is 0 Å². The van der Waals surface area contributed by atoms with Gasteiger partial charge in [-0.1, -0.05) is 60.2 Å². The Bertz CT molecular complexity index is 981. The summed E-state index contributed by atoms with van der Waals surface area (Å²) in [6, 6.07) is 16.5. The van der Waals surface area contributed by atoms with Gasteiger partial charge in [0.2, 0.25) is 11.8 Å². The van der Waals surface area contributed by atoms with Crippen molar-refractivity contribution in [3.8, 4) is 0 Å². The van der Waals surface area contributed by atoms with Gasteiger partial charge in [0.25, 0.3) is 0 Å². The van der Waals surface area contributed by atoms with E-state index in [2.05, 4.69) is 10.6 Å². The highest BCUT2D eigenvalue weighted by Gasteiger charge is 2.41. The van der Waals surface area contributed by atoms with Gasteiger partial charge in [0, 0.05) is 12.6 Å². The Morgan fingerprint density at radius 2 is 1.73 bits per heavy atom. The first-order valence-corrected chi connectivity index (χ1v) is 11.3. The Balaban J connectivity index is 1.79. The summed E-state index contributed by atoms with van der Waals surface area (Å²) in [5.41, 5.74) is 2.07. The van der Waals surface area contributed by atoms with Crippen LogP contribution >= 0.6 is 0 Å². The van der Waals surface area contributed by atoms with Gasteiger partial charge >= 0.3 is 6.09 Å². The highest BCUT2D eigenvalue weighted by Crippen LogP contribution is 2.35. The average Bonchev–Trinajstić information content (AvgIpc) is 3.58. The third-order valence-corrected chi connectivity index (χ3v) is 5.21. The number of ether oxygens (including phenoxy) is 1. The van der Waals surface area contributed by atoms with Gasteiger partial charge in [-0.2, -0.15) is 0 Å². The van der Waals surface area contributed by atoms with Crippen molar-refractivity contribution in [1.82, 2.24) is 15.5 Å². The van der Waals surface area contributed by atoms with Gasteiger partial charge in [-0.15, -0.1) is 0 Å². The van der Waals surface area contributed by atoms with E-state index in [-0.39, 0.29) is 24.4 Å². The number of rotatable bonds is 8. The van der Waals surface area contributed by atoms with E-state index in [0.717, 1.165) is 29.5 Å². The molecule has 3 amide bonds. The lowest BCUT2D eigenvalue weighted by atomic mass is 10.0. The van der Waals surface area contributed by atoms with Crippen LogP contribution in [0.5, 0.6) is 0 Å². The summed E-state index contributed by atoms with van der Waals surface area (Å²) in [6.45, 7) is 7.36. The Morgan fingerprint density at radius 1 is 1.03 bits per heavy atom. The molecule has 2 N–H and O–H groups in total. The molecule has 1 fully saturated rings. The van der Waals surface area contributed by atoms with Crippen molar-refractivity contribution < 1.29 is 19.1 Å². The lowest BCUT2D eigenvalue weighted by molar-refractivity contribution is -0.141. The monoisotopic (exact) mass is 451 g/mol. The van der Waals surface area contributed by atoms with Crippen LogP contribution in [0.15, 0.2) is 54.6 Å². The van der Waals surface area contributed by atoms with E-state index in [9.17, 15) is 14.4 Å². The lowest BCUT2D eigenvalue weighted by Crippen LogP contribution is -2.48. The van der Waals surface area contributed by atoms with E-state index in [0.29, 0.717) is 6.54 Å². The van der Waals surface area contributed by atoms with Gasteiger partial charge in [0.15, 0.2) is 0 Å². The molecular weight excluding hydrogens is 418 g/mol. The fourth-order valence-corrected chi connectivity index (χ4v) is 3.62. The van der Waals surface area contributed by atoms with Crippen LogP contribution in [0.25, 0.3) is 0 Å². The predicted octanol–water partition coefficient (Wildman–Crippen LogP) is 3.87. The zero-order valence-electron chi connectivity index (χ0n) is 19.8. The van der Waals surface area contributed by atoms with Crippen molar-refractivity contribution in [3.63, 3.8) is 0 Å². The molecule has 0 bridgehead atoms. The summed E-state index contributed by atoms with van der Waals surface area (Å²) in [7, 11) is 0. The molecule has 7 nitrogen and oxygen atoms in total. The third kappa shape index (κ3) is 7.34. The van der Waals surface area contributed by atoms with E-state index < -0.39 is 17.7 Å². The fourth-order valence-electron chi connectivity index (χ4n) is 3.62. The van der Waals surface area contributed by atoms with Crippen LogP contribution in [-0.4, -0.2) is 41.0 Å². The summed E-state index contributed by atoms with van der Waals surface area (Å²) >= 11 is 0. The van der Waals surface area contributed by atoms with Crippen LogP contribution < -0.4 is 10.6 Å². The number of carbonyl (C=O) groups excluding carboxylic acids is 3. The molecule has 33 heavy (non-hydrogen) atoms. The number of nitrogens with one attached hydrogen (secondary N) is 2. The van der Waals surface area contributed by atoms with Crippen LogP contribution in [0.3, 0.4) is 0 Å². The number of amides is 3. The second-order valence-electron chi connectivity index (χ2n) is 9.41. The SMILES string of the molecule is Cc1cccc(C(C(=O)NCc2ccccc2)N(C(=O)CNC(=O)OC(C)(C)C)C2CC2)c1. The third-order valence-electron chi connectivity index (χ3n) is 5.21. The smallest absolute Gasteiger partial charge is 0.408 e. The minimum absolute atomic E-state index is 0.0362. The van der Waals surface area contributed by atoms with Crippen molar-refractivity contribution in [2.75, 3.05) is 6.54 Å². The fraction of sp³-hybridized carbons (Fsp3) is 0.423. The van der Waals surface area contributed by atoms with Gasteiger partial charge in [0.05, 0.1) is 0 Å². The number of hydrogen-bond acceptors (Lipinski definition) is 4. The maximum absolute atomic E-state index is 13.4. The molecule has 1 saturated carbocycles. The minimum atomic E-state index is -0.783. The van der Waals surface area contributed by atoms with Gasteiger partial charge < -0.3 is 20.3 Å². The summed E-state index contributed by atoms with van der Waals surface area (Å²) in [4.78, 5) is 40.3. The number of carbonyl (C=O) groups is 3. The predicted molar refractivity (Wildman–Crippen MR) is 126 cm³/mol. The summed E-state index contributed by atoms with van der Waals surface area (Å²) < 4.78 is 5.24. The molecule has 0 aromatic heterocycles. The first-order chi connectivity index (χ1) is 15.6. The molecule has 1 atom stereocenters. The number of alkyl carbamates (subject to hydrolysis) is 1. The first-order valence-electron chi connectivity index (χ1n) is 11.3. The van der Waals surface area contributed by atoms with Gasteiger partial charge in [-0.05, 0) is 51.7 Å².